The number of ether oxygens (including phenoxy) is 1. The first-order valence-corrected chi connectivity index (χ1v) is 27.8. The van der Waals surface area contributed by atoms with Gasteiger partial charge in [-0.1, -0.05) is 285 Å². The predicted molar refractivity (Wildman–Crippen MR) is 342 cm³/mol. The molecule has 13 aromatic carbocycles. The molecule has 0 bridgehead atoms. The maximum atomic E-state index is 10.7. The normalized spacial score (nSPS) is 10.9. The Hall–Kier alpha value is -11.4. The Morgan fingerprint density at radius 2 is 0.530 bits per heavy atom. The summed E-state index contributed by atoms with van der Waals surface area (Å²) in [6.07, 6.45) is 0. The van der Waals surface area contributed by atoms with Crippen LogP contribution in [-0.2, 0) is 0 Å². The van der Waals surface area contributed by atoms with E-state index in [1.807, 2.05) is 42.5 Å². The Morgan fingerprint density at radius 1 is 0.253 bits per heavy atom. The van der Waals surface area contributed by atoms with Crippen molar-refractivity contribution in [3.63, 3.8) is 0 Å². The highest BCUT2D eigenvalue weighted by Gasteiger charge is 2.22. The molecule has 0 heterocycles. The average molecular weight is 1060 g/mol. The molecule has 3 nitrogen and oxygen atoms in total. The number of rotatable bonds is 13. The van der Waals surface area contributed by atoms with E-state index in [1.165, 1.54) is 0 Å². The van der Waals surface area contributed by atoms with Gasteiger partial charge in [0.05, 0.1) is 23.3 Å². The Labute approximate surface area is 484 Å². The van der Waals surface area contributed by atoms with Gasteiger partial charge in [0, 0.05) is 21.9 Å². The predicted octanol–water partition coefficient (Wildman–Crippen LogP) is 20.5. The van der Waals surface area contributed by atoms with Crippen molar-refractivity contribution in [2.45, 2.75) is 0 Å². The molecule has 0 fully saturated rings. The van der Waals surface area contributed by atoms with Crippen molar-refractivity contribution in [1.29, 1.82) is 10.5 Å². The first-order valence-electron chi connectivity index (χ1n) is 27.8. The minimum absolute atomic E-state index is 0.548. The maximum absolute atomic E-state index is 10.7. The average Bonchev–Trinajstić information content (AvgIpc) is 3.59. The SMILES string of the molecule is N#Cc1ccc(Oc2c3ccccc3c(-c3ccc(C#N)c(-c4ccc(C(=C(c5ccccc5)c5ccccc5)c5ccccc5)cc4)c3)c3ccccc23)cc1-c1ccc(C(=C(c2ccccc2)c2ccccc2)c2ccccc2)cc1. The van der Waals surface area contributed by atoms with E-state index in [2.05, 4.69) is 285 Å². The van der Waals surface area contributed by atoms with Crippen LogP contribution in [0.15, 0.2) is 315 Å². The summed E-state index contributed by atoms with van der Waals surface area (Å²) in [4.78, 5) is 0. The lowest BCUT2D eigenvalue weighted by atomic mass is 9.85. The quantitative estimate of drug-likeness (QED) is 0.0854. The monoisotopic (exact) mass is 1060 g/mol. The van der Waals surface area contributed by atoms with Crippen LogP contribution in [-0.4, -0.2) is 0 Å². The van der Waals surface area contributed by atoms with Crippen LogP contribution in [0.2, 0.25) is 0 Å². The van der Waals surface area contributed by atoms with Crippen LogP contribution >= 0.6 is 0 Å². The van der Waals surface area contributed by atoms with Crippen LogP contribution < -0.4 is 4.74 Å². The zero-order chi connectivity index (χ0) is 55.9. The Balaban J connectivity index is 0.884. The van der Waals surface area contributed by atoms with Gasteiger partial charge in [-0.25, -0.2) is 0 Å². The molecule has 388 valence electrons. The van der Waals surface area contributed by atoms with Gasteiger partial charge >= 0.3 is 0 Å². The Bertz CT molecular complexity index is 4500. The number of hydrogen-bond donors (Lipinski definition) is 0. The van der Waals surface area contributed by atoms with E-state index < -0.39 is 0 Å². The fourth-order valence-corrected chi connectivity index (χ4v) is 11.7. The van der Waals surface area contributed by atoms with Gasteiger partial charge in [-0.2, -0.15) is 10.5 Å². The molecular formula is C80H52N2O. The molecule has 0 saturated carbocycles. The van der Waals surface area contributed by atoms with Crippen molar-refractivity contribution < 1.29 is 4.74 Å². The van der Waals surface area contributed by atoms with E-state index in [-0.39, 0.29) is 0 Å². The molecule has 0 radical (unpaired) electrons. The van der Waals surface area contributed by atoms with Gasteiger partial charge in [0.25, 0.3) is 0 Å². The van der Waals surface area contributed by atoms with Crippen LogP contribution in [0.4, 0.5) is 0 Å². The lowest BCUT2D eigenvalue weighted by Crippen LogP contribution is -1.98. The fourth-order valence-electron chi connectivity index (χ4n) is 11.7. The van der Waals surface area contributed by atoms with E-state index in [0.29, 0.717) is 16.9 Å². The van der Waals surface area contributed by atoms with E-state index in [1.54, 1.807) is 0 Å². The van der Waals surface area contributed by atoms with Crippen molar-refractivity contribution in [2.24, 2.45) is 0 Å². The van der Waals surface area contributed by atoms with Crippen LogP contribution in [0.25, 0.3) is 77.2 Å². The van der Waals surface area contributed by atoms with Gasteiger partial charge in [-0.15, -0.1) is 0 Å². The molecule has 0 amide bonds. The third kappa shape index (κ3) is 10.2. The minimum atomic E-state index is 0.548. The molecular weight excluding hydrogens is 1000 g/mol. The molecule has 0 atom stereocenters. The molecule has 83 heavy (non-hydrogen) atoms. The molecule has 13 aromatic rings. The first-order chi connectivity index (χ1) is 41.1. The maximum Gasteiger partial charge on any atom is 0.143 e. The largest absolute Gasteiger partial charge is 0.456 e. The lowest BCUT2D eigenvalue weighted by Gasteiger charge is -2.19. The summed E-state index contributed by atoms with van der Waals surface area (Å²) in [6, 6.07) is 114. The van der Waals surface area contributed by atoms with Gasteiger partial charge in [0.2, 0.25) is 0 Å². The molecule has 0 aliphatic carbocycles. The summed E-state index contributed by atoms with van der Waals surface area (Å²) in [5, 5.41) is 25.2. The molecule has 0 saturated heterocycles. The molecule has 0 aliphatic rings. The smallest absolute Gasteiger partial charge is 0.143 e. The van der Waals surface area contributed by atoms with Gasteiger partial charge in [0.1, 0.15) is 11.5 Å². The number of nitriles is 2. The van der Waals surface area contributed by atoms with Gasteiger partial charge in [-0.3, -0.25) is 0 Å². The summed E-state index contributed by atoms with van der Waals surface area (Å²) in [6.45, 7) is 0. The van der Waals surface area contributed by atoms with Crippen molar-refractivity contribution >= 4 is 43.8 Å². The number of hydrogen-bond acceptors (Lipinski definition) is 3. The molecule has 0 unspecified atom stereocenters. The second-order valence-electron chi connectivity index (χ2n) is 20.4. The summed E-state index contributed by atoms with van der Waals surface area (Å²) < 4.78 is 7.11. The summed E-state index contributed by atoms with van der Waals surface area (Å²) >= 11 is 0. The molecule has 0 aliphatic heterocycles. The molecule has 13 rings (SSSR count). The minimum Gasteiger partial charge on any atom is -0.456 e. The summed E-state index contributed by atoms with van der Waals surface area (Å²) in [7, 11) is 0. The van der Waals surface area contributed by atoms with E-state index in [4.69, 9.17) is 4.74 Å². The number of fused-ring (bicyclic) bond motifs is 2. The van der Waals surface area contributed by atoms with E-state index >= 15 is 0 Å². The second kappa shape index (κ2) is 23.2. The standard InChI is InChI=1S/C80H52N2O/c81-53-66-48-47-65(51-73(66)55-39-43-63(44-40-55)77(61-31-15-5-16-32-61)75(57-23-7-1-8-24-57)58-25-9-2-10-26-58)79-69-35-19-21-37-71(69)80(72-38-22-20-36-70(72)79)83-68-50-49-67(54-82)74(52-68)56-41-45-64(46-42-56)78(62-33-17-6-18-34-62)76(59-27-11-3-12-28-59)60-29-13-4-14-30-60/h1-52H. The van der Waals surface area contributed by atoms with Crippen molar-refractivity contribution in [1.82, 2.24) is 0 Å². The Kier molecular flexibility index (Phi) is 14.3. The molecule has 3 heteroatoms. The van der Waals surface area contributed by atoms with Crippen molar-refractivity contribution in [2.75, 3.05) is 0 Å². The highest BCUT2D eigenvalue weighted by molar-refractivity contribution is 6.17. The van der Waals surface area contributed by atoms with Crippen LogP contribution in [0.3, 0.4) is 0 Å². The van der Waals surface area contributed by atoms with Crippen molar-refractivity contribution in [3.8, 4) is 57.0 Å². The van der Waals surface area contributed by atoms with Crippen LogP contribution in [0.1, 0.15) is 55.6 Å². The van der Waals surface area contributed by atoms with E-state index in [0.717, 1.165) is 127 Å². The first kappa shape index (κ1) is 51.1. The molecule has 0 spiro atoms. The third-order valence-corrected chi connectivity index (χ3v) is 15.5. The fraction of sp³-hybridized carbons (Fsp3) is 0. The lowest BCUT2D eigenvalue weighted by molar-refractivity contribution is 0.494. The highest BCUT2D eigenvalue weighted by atomic mass is 16.5. The summed E-state index contributed by atoms with van der Waals surface area (Å²) in [5.41, 5.74) is 20.0. The number of nitrogens with zero attached hydrogens (tertiary/aromatic N) is 2. The van der Waals surface area contributed by atoms with Crippen molar-refractivity contribution in [3.05, 3.63) is 371 Å². The zero-order valence-electron chi connectivity index (χ0n) is 45.3. The molecule has 0 aromatic heterocycles. The zero-order valence-corrected chi connectivity index (χ0v) is 45.3. The van der Waals surface area contributed by atoms with Crippen LogP contribution in [0.5, 0.6) is 11.5 Å². The van der Waals surface area contributed by atoms with Gasteiger partial charge in [0.15, 0.2) is 0 Å². The van der Waals surface area contributed by atoms with Crippen LogP contribution in [0, 0.1) is 22.7 Å². The third-order valence-electron chi connectivity index (χ3n) is 15.5. The second-order valence-corrected chi connectivity index (χ2v) is 20.4. The Morgan fingerprint density at radius 3 is 0.867 bits per heavy atom. The number of benzene rings is 13. The van der Waals surface area contributed by atoms with Gasteiger partial charge < -0.3 is 4.74 Å². The molecule has 0 N–H and O–H groups in total. The summed E-state index contributed by atoms with van der Waals surface area (Å²) in [5.74, 6) is 1.33. The highest BCUT2D eigenvalue weighted by Crippen LogP contribution is 2.47. The van der Waals surface area contributed by atoms with Gasteiger partial charge in [-0.05, 0) is 130 Å². The topological polar surface area (TPSA) is 56.8 Å². The van der Waals surface area contributed by atoms with E-state index in [9.17, 15) is 10.5 Å².